The molecule has 4 nitrogen and oxygen atoms in total. The van der Waals surface area contributed by atoms with Crippen molar-refractivity contribution in [3.8, 4) is 0 Å². The minimum absolute atomic E-state index is 0.955. The number of ether oxygens (including phenoxy) is 2. The standard InChI is InChI=1S/C10H14F9NO3Si/c1-22-6(24(2)3)20-5(21)23-4-7(11,12)8(13,14)9(15,16)10(17,18)19/h6,24H,4H2,1-3H3,(H,20,21). The molecule has 1 amide bonds. The van der Waals surface area contributed by atoms with E-state index in [2.05, 4.69) is 4.74 Å². The van der Waals surface area contributed by atoms with Crippen molar-refractivity contribution in [1.82, 2.24) is 5.32 Å². The molecule has 0 aliphatic rings. The van der Waals surface area contributed by atoms with Gasteiger partial charge in [0.15, 0.2) is 6.61 Å². The van der Waals surface area contributed by atoms with Gasteiger partial charge in [0.05, 0.1) is 8.80 Å². The van der Waals surface area contributed by atoms with Crippen molar-refractivity contribution < 1.29 is 53.8 Å². The molecule has 0 radical (unpaired) electrons. The lowest BCUT2D eigenvalue weighted by Crippen LogP contribution is -2.62. The second-order valence-corrected chi connectivity index (χ2v) is 8.07. The van der Waals surface area contributed by atoms with Crippen molar-refractivity contribution >= 4 is 14.9 Å². The summed E-state index contributed by atoms with van der Waals surface area (Å²) in [5.74, 6) is -20.8. The molecule has 1 unspecified atom stereocenters. The summed E-state index contributed by atoms with van der Waals surface area (Å²) in [5, 5.41) is 1.85. The van der Waals surface area contributed by atoms with Crippen molar-refractivity contribution in [2.75, 3.05) is 13.7 Å². The number of alkyl carbamates (subject to hydrolysis) is 1. The van der Waals surface area contributed by atoms with E-state index >= 15 is 0 Å². The molecule has 1 N–H and O–H groups in total. The fourth-order valence-electron chi connectivity index (χ4n) is 1.31. The van der Waals surface area contributed by atoms with Crippen LogP contribution in [0.3, 0.4) is 0 Å². The first-order chi connectivity index (χ1) is 10.5. The molecule has 0 aliphatic heterocycles. The van der Waals surface area contributed by atoms with Crippen LogP contribution in [0, 0.1) is 0 Å². The molecule has 0 aromatic rings. The van der Waals surface area contributed by atoms with E-state index in [9.17, 15) is 44.3 Å². The number of rotatable bonds is 7. The third kappa shape index (κ3) is 4.68. The predicted molar refractivity (Wildman–Crippen MR) is 65.1 cm³/mol. The Balaban J connectivity index is 5.06. The maximum absolute atomic E-state index is 13.1. The van der Waals surface area contributed by atoms with E-state index in [0.29, 0.717) is 0 Å². The van der Waals surface area contributed by atoms with E-state index in [1.807, 2.05) is 5.32 Å². The van der Waals surface area contributed by atoms with Gasteiger partial charge in [-0.05, 0) is 0 Å². The first-order valence-electron chi connectivity index (χ1n) is 6.17. The van der Waals surface area contributed by atoms with Gasteiger partial charge in [0.25, 0.3) is 0 Å². The minimum Gasteiger partial charge on any atom is -0.443 e. The topological polar surface area (TPSA) is 47.6 Å². The van der Waals surface area contributed by atoms with Gasteiger partial charge in [-0.15, -0.1) is 0 Å². The van der Waals surface area contributed by atoms with Gasteiger partial charge in [0, 0.05) is 7.11 Å². The van der Waals surface area contributed by atoms with Crippen LogP contribution in [-0.2, 0) is 9.47 Å². The molecular formula is C10H14F9NO3Si. The van der Waals surface area contributed by atoms with Gasteiger partial charge in [-0.25, -0.2) is 4.79 Å². The molecule has 0 spiro atoms. The van der Waals surface area contributed by atoms with Gasteiger partial charge in [-0.3, -0.25) is 5.32 Å². The Bertz CT molecular complexity index is 442. The maximum atomic E-state index is 13.1. The molecule has 14 heteroatoms. The Labute approximate surface area is 131 Å². The molecule has 0 saturated carbocycles. The highest BCUT2D eigenvalue weighted by Crippen LogP contribution is 2.53. The number of amides is 1. The zero-order chi connectivity index (χ0) is 19.6. The molecular weight excluding hydrogens is 381 g/mol. The fraction of sp³-hybridized carbons (Fsp3) is 0.900. The Morgan fingerprint density at radius 3 is 1.79 bits per heavy atom. The number of carbonyl (C=O) groups excluding carboxylic acids is 1. The highest BCUT2D eigenvalue weighted by molar-refractivity contribution is 6.57. The molecule has 0 aliphatic carbocycles. The van der Waals surface area contributed by atoms with E-state index in [1.165, 1.54) is 0 Å². The normalized spacial score (nSPS) is 15.4. The Kier molecular flexibility index (Phi) is 7.01. The summed E-state index contributed by atoms with van der Waals surface area (Å²) in [6.07, 6.45) is -8.65. The summed E-state index contributed by atoms with van der Waals surface area (Å²) < 4.78 is 121. The van der Waals surface area contributed by atoms with Crippen LogP contribution in [0.2, 0.25) is 13.1 Å². The Morgan fingerprint density at radius 1 is 1.00 bits per heavy atom. The summed E-state index contributed by atoms with van der Waals surface area (Å²) in [7, 11) is -0.601. The SMILES string of the molecule is COC(NC(=O)OCC(F)(F)C(F)(F)C(F)(F)C(F)(F)F)[SiH](C)C. The number of methoxy groups -OCH3 is 1. The Hall–Kier alpha value is -1.18. The molecule has 0 rings (SSSR count). The first-order valence-corrected chi connectivity index (χ1v) is 9.15. The van der Waals surface area contributed by atoms with Crippen molar-refractivity contribution in [1.29, 1.82) is 0 Å². The van der Waals surface area contributed by atoms with Gasteiger partial charge < -0.3 is 9.47 Å². The zero-order valence-electron chi connectivity index (χ0n) is 12.5. The monoisotopic (exact) mass is 395 g/mol. The van der Waals surface area contributed by atoms with Gasteiger partial charge in [-0.1, -0.05) is 13.1 Å². The summed E-state index contributed by atoms with van der Waals surface area (Å²) in [4.78, 5) is 11.2. The van der Waals surface area contributed by atoms with E-state index in [4.69, 9.17) is 4.74 Å². The van der Waals surface area contributed by atoms with Crippen LogP contribution in [0.25, 0.3) is 0 Å². The van der Waals surface area contributed by atoms with E-state index < -0.39 is 51.3 Å². The minimum atomic E-state index is -7.02. The first kappa shape index (κ1) is 22.8. The van der Waals surface area contributed by atoms with Crippen LogP contribution in [0.5, 0.6) is 0 Å². The largest absolute Gasteiger partial charge is 0.460 e. The van der Waals surface area contributed by atoms with E-state index in [1.54, 1.807) is 13.1 Å². The van der Waals surface area contributed by atoms with E-state index in [-0.39, 0.29) is 0 Å². The van der Waals surface area contributed by atoms with Crippen LogP contribution in [0.4, 0.5) is 44.3 Å². The molecule has 144 valence electrons. The average Bonchev–Trinajstić information content (AvgIpc) is 2.40. The van der Waals surface area contributed by atoms with Gasteiger partial charge in [-0.2, -0.15) is 39.5 Å². The van der Waals surface area contributed by atoms with Crippen molar-refractivity contribution in [3.05, 3.63) is 0 Å². The lowest BCUT2D eigenvalue weighted by Gasteiger charge is -2.33. The predicted octanol–water partition coefficient (Wildman–Crippen LogP) is 3.18. The van der Waals surface area contributed by atoms with Crippen LogP contribution in [-0.4, -0.2) is 58.4 Å². The van der Waals surface area contributed by atoms with Gasteiger partial charge in [0.2, 0.25) is 0 Å². The summed E-state index contributed by atoms with van der Waals surface area (Å²) in [6.45, 7) is 0.593. The van der Waals surface area contributed by atoms with E-state index in [0.717, 1.165) is 7.11 Å². The zero-order valence-corrected chi connectivity index (χ0v) is 13.6. The van der Waals surface area contributed by atoms with Crippen LogP contribution >= 0.6 is 0 Å². The quantitative estimate of drug-likeness (QED) is 0.409. The number of nitrogens with one attached hydrogen (secondary N) is 1. The third-order valence-electron chi connectivity index (χ3n) is 2.71. The van der Waals surface area contributed by atoms with Crippen LogP contribution in [0.1, 0.15) is 0 Å². The van der Waals surface area contributed by atoms with Crippen molar-refractivity contribution in [3.63, 3.8) is 0 Å². The lowest BCUT2D eigenvalue weighted by molar-refractivity contribution is -0.398. The second kappa shape index (κ2) is 7.37. The molecule has 0 aromatic heterocycles. The average molecular weight is 395 g/mol. The lowest BCUT2D eigenvalue weighted by atomic mass is 10.0. The van der Waals surface area contributed by atoms with Crippen molar-refractivity contribution in [2.45, 2.75) is 42.9 Å². The highest BCUT2D eigenvalue weighted by atomic mass is 28.3. The van der Waals surface area contributed by atoms with Crippen LogP contribution in [0.15, 0.2) is 0 Å². The van der Waals surface area contributed by atoms with Crippen molar-refractivity contribution in [2.24, 2.45) is 0 Å². The molecule has 0 aromatic carbocycles. The summed E-state index contributed by atoms with van der Waals surface area (Å²) >= 11 is 0. The molecule has 1 atom stereocenters. The number of hydrogen-bond acceptors (Lipinski definition) is 3. The van der Waals surface area contributed by atoms with Crippen LogP contribution < -0.4 is 5.32 Å². The summed E-state index contributed by atoms with van der Waals surface area (Å²) in [6, 6.07) is 0. The smallest absolute Gasteiger partial charge is 0.443 e. The number of halogens is 9. The number of alkyl halides is 9. The third-order valence-corrected chi connectivity index (χ3v) is 4.36. The molecule has 0 heterocycles. The molecule has 24 heavy (non-hydrogen) atoms. The maximum Gasteiger partial charge on any atom is 0.460 e. The second-order valence-electron chi connectivity index (χ2n) is 4.97. The summed E-state index contributed by atoms with van der Waals surface area (Å²) in [5.41, 5.74) is 0. The number of hydrogen-bond donors (Lipinski definition) is 1. The highest BCUT2D eigenvalue weighted by Gasteiger charge is 2.82. The molecule has 0 bridgehead atoms. The Morgan fingerprint density at radius 2 is 1.46 bits per heavy atom. The molecule has 0 saturated heterocycles. The fourth-order valence-corrected chi connectivity index (χ4v) is 2.32. The number of carbonyl (C=O) groups is 1. The van der Waals surface area contributed by atoms with Gasteiger partial charge in [0.1, 0.15) is 5.85 Å². The van der Waals surface area contributed by atoms with Gasteiger partial charge >= 0.3 is 30.0 Å². The molecule has 0 fully saturated rings.